The summed E-state index contributed by atoms with van der Waals surface area (Å²) in [4.78, 5) is 15.8. The van der Waals surface area contributed by atoms with Crippen molar-refractivity contribution in [2.24, 2.45) is 0 Å². The highest BCUT2D eigenvalue weighted by Crippen LogP contribution is 2.24. The van der Waals surface area contributed by atoms with Crippen LogP contribution in [0.15, 0.2) is 64.9 Å². The highest BCUT2D eigenvalue weighted by atomic mass is 32.2. The van der Waals surface area contributed by atoms with Crippen molar-refractivity contribution >= 4 is 33.0 Å². The van der Waals surface area contributed by atoms with Gasteiger partial charge >= 0.3 is 0 Å². The second-order valence-electron chi connectivity index (χ2n) is 6.87. The van der Waals surface area contributed by atoms with Gasteiger partial charge in [0.25, 0.3) is 10.0 Å². The van der Waals surface area contributed by atoms with Crippen LogP contribution in [-0.4, -0.2) is 25.8 Å². The van der Waals surface area contributed by atoms with Crippen molar-refractivity contribution in [1.82, 2.24) is 4.90 Å². The SMILES string of the molecule is O=C(Cc1ccc(NS(=O)(=O)c2ccc(F)cc2)cc1)N1CCc2sccc2C1. The Hall–Kier alpha value is -2.71. The molecule has 5 nitrogen and oxygen atoms in total. The molecule has 0 radical (unpaired) electrons. The molecule has 1 aliphatic rings. The number of amides is 1. The van der Waals surface area contributed by atoms with Gasteiger partial charge < -0.3 is 4.90 Å². The number of halogens is 1. The van der Waals surface area contributed by atoms with Gasteiger partial charge in [-0.05, 0) is 65.4 Å². The number of anilines is 1. The fraction of sp³-hybridized carbons (Fsp3) is 0.190. The zero-order chi connectivity index (χ0) is 20.4. The van der Waals surface area contributed by atoms with Crippen molar-refractivity contribution in [1.29, 1.82) is 0 Å². The van der Waals surface area contributed by atoms with E-state index in [1.165, 1.54) is 22.6 Å². The van der Waals surface area contributed by atoms with Crippen LogP contribution < -0.4 is 4.72 Å². The van der Waals surface area contributed by atoms with Gasteiger partial charge in [-0.25, -0.2) is 12.8 Å². The van der Waals surface area contributed by atoms with E-state index in [4.69, 9.17) is 0 Å². The van der Waals surface area contributed by atoms with Gasteiger partial charge in [0.05, 0.1) is 11.3 Å². The van der Waals surface area contributed by atoms with E-state index in [1.807, 2.05) is 4.90 Å². The van der Waals surface area contributed by atoms with Gasteiger partial charge in [0, 0.05) is 23.7 Å². The summed E-state index contributed by atoms with van der Waals surface area (Å²) in [6, 6.07) is 13.4. The Bertz CT molecular complexity index is 1120. The Kier molecular flexibility index (Phi) is 5.38. The van der Waals surface area contributed by atoms with E-state index in [1.54, 1.807) is 35.6 Å². The summed E-state index contributed by atoms with van der Waals surface area (Å²) in [6.45, 7) is 1.37. The summed E-state index contributed by atoms with van der Waals surface area (Å²) in [5.41, 5.74) is 2.42. The van der Waals surface area contributed by atoms with Crippen LogP contribution in [0, 0.1) is 5.82 Å². The van der Waals surface area contributed by atoms with Gasteiger partial charge in [-0.1, -0.05) is 12.1 Å². The van der Waals surface area contributed by atoms with Crippen LogP contribution in [0.3, 0.4) is 0 Å². The third kappa shape index (κ3) is 4.49. The molecule has 1 aliphatic heterocycles. The molecular weight excluding hydrogens is 411 g/mol. The molecule has 1 amide bonds. The number of thiophene rings is 1. The number of fused-ring (bicyclic) bond motifs is 1. The Balaban J connectivity index is 1.39. The number of benzene rings is 2. The average molecular weight is 431 g/mol. The summed E-state index contributed by atoms with van der Waals surface area (Å²) < 4.78 is 40.2. The van der Waals surface area contributed by atoms with Gasteiger partial charge in [-0.2, -0.15) is 0 Å². The van der Waals surface area contributed by atoms with Crippen molar-refractivity contribution in [3.05, 3.63) is 81.8 Å². The molecule has 1 aromatic heterocycles. The van der Waals surface area contributed by atoms with Crippen molar-refractivity contribution in [2.75, 3.05) is 11.3 Å². The first-order valence-corrected chi connectivity index (χ1v) is 11.5. The van der Waals surface area contributed by atoms with Gasteiger partial charge in [0.1, 0.15) is 5.82 Å². The van der Waals surface area contributed by atoms with E-state index in [0.29, 0.717) is 12.2 Å². The lowest BCUT2D eigenvalue weighted by Gasteiger charge is -2.27. The number of rotatable bonds is 5. The number of sulfonamides is 1. The van der Waals surface area contributed by atoms with Crippen LogP contribution in [0.5, 0.6) is 0 Å². The normalized spacial score (nSPS) is 13.8. The first-order chi connectivity index (χ1) is 13.9. The molecule has 2 aromatic carbocycles. The lowest BCUT2D eigenvalue weighted by Crippen LogP contribution is -2.36. The minimum Gasteiger partial charge on any atom is -0.338 e. The Morgan fingerprint density at radius 1 is 1.07 bits per heavy atom. The minimum atomic E-state index is -3.80. The van der Waals surface area contributed by atoms with Crippen LogP contribution in [0.4, 0.5) is 10.1 Å². The van der Waals surface area contributed by atoms with E-state index in [-0.39, 0.29) is 17.2 Å². The first-order valence-electron chi connectivity index (χ1n) is 9.11. The largest absolute Gasteiger partial charge is 0.338 e. The lowest BCUT2D eigenvalue weighted by atomic mass is 10.1. The van der Waals surface area contributed by atoms with Crippen LogP contribution in [-0.2, 0) is 34.2 Å². The monoisotopic (exact) mass is 430 g/mol. The van der Waals surface area contributed by atoms with Crippen LogP contribution >= 0.6 is 11.3 Å². The number of hydrogen-bond donors (Lipinski definition) is 1. The average Bonchev–Trinajstić information content (AvgIpc) is 3.17. The second kappa shape index (κ2) is 7.96. The molecule has 0 bridgehead atoms. The van der Waals surface area contributed by atoms with Crippen LogP contribution in [0.2, 0.25) is 0 Å². The van der Waals surface area contributed by atoms with E-state index >= 15 is 0 Å². The molecule has 0 saturated heterocycles. The molecule has 0 unspecified atom stereocenters. The highest BCUT2D eigenvalue weighted by molar-refractivity contribution is 7.92. The van der Waals surface area contributed by atoms with Gasteiger partial charge in [0.2, 0.25) is 5.91 Å². The van der Waals surface area contributed by atoms with Crippen molar-refractivity contribution in [2.45, 2.75) is 24.3 Å². The standard InChI is InChI=1S/C21H19FN2O3S2/c22-17-3-7-19(8-4-17)29(26,27)23-18-5-1-15(2-6-18)13-21(25)24-11-9-20-16(14-24)10-12-28-20/h1-8,10,12,23H,9,11,13-14H2. The molecule has 1 N–H and O–H groups in total. The molecule has 4 rings (SSSR count). The summed E-state index contributed by atoms with van der Waals surface area (Å²) >= 11 is 1.74. The molecule has 0 fully saturated rings. The predicted molar refractivity (Wildman–Crippen MR) is 111 cm³/mol. The Morgan fingerprint density at radius 2 is 1.79 bits per heavy atom. The first kappa shape index (κ1) is 19.6. The number of hydrogen-bond acceptors (Lipinski definition) is 4. The summed E-state index contributed by atoms with van der Waals surface area (Å²) in [7, 11) is -3.80. The topological polar surface area (TPSA) is 66.5 Å². The quantitative estimate of drug-likeness (QED) is 0.669. The van der Waals surface area contributed by atoms with Crippen LogP contribution in [0.1, 0.15) is 16.0 Å². The van der Waals surface area contributed by atoms with Gasteiger partial charge in [-0.15, -0.1) is 11.3 Å². The second-order valence-corrected chi connectivity index (χ2v) is 9.55. The molecule has 2 heterocycles. The maximum atomic E-state index is 13.0. The summed E-state index contributed by atoms with van der Waals surface area (Å²) in [5.74, 6) is -0.441. The van der Waals surface area contributed by atoms with Crippen molar-refractivity contribution in [3.63, 3.8) is 0 Å². The number of nitrogens with one attached hydrogen (secondary N) is 1. The maximum Gasteiger partial charge on any atom is 0.261 e. The molecule has 150 valence electrons. The zero-order valence-corrected chi connectivity index (χ0v) is 17.1. The molecule has 3 aromatic rings. The zero-order valence-electron chi connectivity index (χ0n) is 15.5. The van der Waals surface area contributed by atoms with E-state index in [2.05, 4.69) is 16.2 Å². The number of carbonyl (C=O) groups is 1. The van der Waals surface area contributed by atoms with Crippen molar-refractivity contribution in [3.8, 4) is 0 Å². The molecule has 0 saturated carbocycles. The van der Waals surface area contributed by atoms with E-state index < -0.39 is 15.8 Å². The summed E-state index contributed by atoms with van der Waals surface area (Å²) in [5, 5.41) is 2.06. The van der Waals surface area contributed by atoms with E-state index in [0.717, 1.165) is 30.7 Å². The predicted octanol–water partition coefficient (Wildman–Crippen LogP) is 3.82. The van der Waals surface area contributed by atoms with Gasteiger partial charge in [0.15, 0.2) is 0 Å². The van der Waals surface area contributed by atoms with Crippen molar-refractivity contribution < 1.29 is 17.6 Å². The Morgan fingerprint density at radius 3 is 2.52 bits per heavy atom. The third-order valence-corrected chi connectivity index (χ3v) is 7.27. The lowest BCUT2D eigenvalue weighted by molar-refractivity contribution is -0.131. The Labute approximate surface area is 172 Å². The molecular formula is C21H19FN2O3S2. The van der Waals surface area contributed by atoms with Crippen LogP contribution in [0.25, 0.3) is 0 Å². The fourth-order valence-electron chi connectivity index (χ4n) is 3.27. The summed E-state index contributed by atoms with van der Waals surface area (Å²) in [6.07, 6.45) is 1.16. The third-order valence-electron chi connectivity index (χ3n) is 4.85. The highest BCUT2D eigenvalue weighted by Gasteiger charge is 2.21. The fourth-order valence-corrected chi connectivity index (χ4v) is 5.21. The molecule has 0 atom stereocenters. The van der Waals surface area contributed by atoms with E-state index in [9.17, 15) is 17.6 Å². The minimum absolute atomic E-state index is 0.0175. The number of carbonyl (C=O) groups excluding carboxylic acids is 1. The molecule has 8 heteroatoms. The smallest absolute Gasteiger partial charge is 0.261 e. The molecule has 0 spiro atoms. The number of nitrogens with zero attached hydrogens (tertiary/aromatic N) is 1. The van der Waals surface area contributed by atoms with Gasteiger partial charge in [-0.3, -0.25) is 9.52 Å². The maximum absolute atomic E-state index is 13.0. The molecule has 0 aliphatic carbocycles. The molecule has 29 heavy (non-hydrogen) atoms.